The van der Waals surface area contributed by atoms with Crippen LogP contribution in [0.5, 0.6) is 0 Å². The predicted octanol–water partition coefficient (Wildman–Crippen LogP) is 1.41. The maximum Gasteiger partial charge on any atom is 0.339 e. The minimum Gasteiger partial charge on any atom is -0.478 e. The molecule has 2 N–H and O–H groups in total. The lowest BCUT2D eigenvalue weighted by atomic mass is 9.97. The Labute approximate surface area is 161 Å². The smallest absolute Gasteiger partial charge is 0.339 e. The molecular formula is C19H22N6O3. The highest BCUT2D eigenvalue weighted by atomic mass is 16.4. The van der Waals surface area contributed by atoms with Gasteiger partial charge in [-0.3, -0.25) is 4.79 Å². The van der Waals surface area contributed by atoms with Gasteiger partial charge in [0.25, 0.3) is 5.91 Å². The molecule has 28 heavy (non-hydrogen) atoms. The number of nitrogens with zero attached hydrogens (tertiary/aromatic N) is 5. The van der Waals surface area contributed by atoms with Crippen molar-refractivity contribution in [1.29, 1.82) is 0 Å². The molecule has 0 aliphatic carbocycles. The normalized spacial score (nSPS) is 17.0. The molecule has 0 radical (unpaired) electrons. The Morgan fingerprint density at radius 1 is 1.32 bits per heavy atom. The molecule has 0 bridgehead atoms. The van der Waals surface area contributed by atoms with Crippen molar-refractivity contribution in [2.24, 2.45) is 13.0 Å². The summed E-state index contributed by atoms with van der Waals surface area (Å²) in [6.07, 6.45) is 8.73. The van der Waals surface area contributed by atoms with Crippen LogP contribution >= 0.6 is 0 Å². The molecule has 3 aromatic heterocycles. The van der Waals surface area contributed by atoms with Crippen LogP contribution in [-0.2, 0) is 7.05 Å². The number of aromatic nitrogens is 4. The number of nitrogens with one attached hydrogen (secondary N) is 1. The summed E-state index contributed by atoms with van der Waals surface area (Å²) in [7, 11) is 1.87. The second-order valence-electron chi connectivity index (χ2n) is 7.08. The number of amides is 1. The van der Waals surface area contributed by atoms with Crippen LogP contribution in [0.3, 0.4) is 0 Å². The Morgan fingerprint density at radius 3 is 3.00 bits per heavy atom. The van der Waals surface area contributed by atoms with Gasteiger partial charge in [-0.05, 0) is 30.9 Å². The lowest BCUT2D eigenvalue weighted by molar-refractivity contribution is 0.0696. The van der Waals surface area contributed by atoms with Gasteiger partial charge in [0.15, 0.2) is 0 Å². The van der Waals surface area contributed by atoms with Gasteiger partial charge in [-0.15, -0.1) is 0 Å². The highest BCUT2D eigenvalue weighted by Crippen LogP contribution is 2.24. The number of carboxylic acid groups (broad SMARTS) is 1. The molecule has 0 saturated carbocycles. The zero-order chi connectivity index (χ0) is 19.7. The van der Waals surface area contributed by atoms with Crippen LogP contribution in [0.1, 0.15) is 33.6 Å². The van der Waals surface area contributed by atoms with E-state index in [2.05, 4.69) is 15.4 Å². The van der Waals surface area contributed by atoms with Gasteiger partial charge in [0.2, 0.25) is 0 Å². The molecular weight excluding hydrogens is 360 g/mol. The summed E-state index contributed by atoms with van der Waals surface area (Å²) in [5.74, 6) is -0.418. The van der Waals surface area contributed by atoms with Gasteiger partial charge in [0.1, 0.15) is 22.6 Å². The topological polar surface area (TPSA) is 105 Å². The third-order valence-electron chi connectivity index (χ3n) is 5.17. The predicted molar refractivity (Wildman–Crippen MR) is 103 cm³/mol. The molecule has 146 valence electrons. The second kappa shape index (κ2) is 7.34. The average Bonchev–Trinajstić information content (AvgIpc) is 3.29. The van der Waals surface area contributed by atoms with E-state index in [0.717, 1.165) is 25.0 Å². The van der Waals surface area contributed by atoms with E-state index >= 15 is 0 Å². The summed E-state index contributed by atoms with van der Waals surface area (Å²) in [5.41, 5.74) is 1.50. The second-order valence-corrected chi connectivity index (χ2v) is 7.08. The first-order valence-corrected chi connectivity index (χ1v) is 9.24. The van der Waals surface area contributed by atoms with Crippen molar-refractivity contribution in [1.82, 2.24) is 24.5 Å². The lowest BCUT2D eigenvalue weighted by Gasteiger charge is -2.34. The third-order valence-corrected chi connectivity index (χ3v) is 5.17. The van der Waals surface area contributed by atoms with Gasteiger partial charge in [0, 0.05) is 45.3 Å². The largest absolute Gasteiger partial charge is 0.478 e. The summed E-state index contributed by atoms with van der Waals surface area (Å²) in [6.45, 7) is 1.94. The van der Waals surface area contributed by atoms with Crippen molar-refractivity contribution in [2.75, 3.05) is 24.5 Å². The van der Waals surface area contributed by atoms with E-state index in [1.54, 1.807) is 35.2 Å². The summed E-state index contributed by atoms with van der Waals surface area (Å²) < 4.78 is 3.53. The van der Waals surface area contributed by atoms with Gasteiger partial charge in [0.05, 0.1) is 6.20 Å². The zero-order valence-corrected chi connectivity index (χ0v) is 15.6. The Kier molecular flexibility index (Phi) is 4.72. The monoisotopic (exact) mass is 382 g/mol. The first kappa shape index (κ1) is 18.0. The van der Waals surface area contributed by atoms with E-state index in [1.165, 1.54) is 0 Å². The number of hydrogen-bond acceptors (Lipinski definition) is 5. The first-order chi connectivity index (χ1) is 13.5. The Hall–Kier alpha value is -3.36. The fourth-order valence-corrected chi connectivity index (χ4v) is 3.78. The number of pyridine rings is 1. The molecule has 1 aliphatic heterocycles. The highest BCUT2D eigenvalue weighted by molar-refractivity contribution is 5.99. The van der Waals surface area contributed by atoms with Crippen LogP contribution in [0, 0.1) is 5.92 Å². The summed E-state index contributed by atoms with van der Waals surface area (Å²) >= 11 is 0. The fraction of sp³-hybridized carbons (Fsp3) is 0.368. The van der Waals surface area contributed by atoms with E-state index in [9.17, 15) is 14.7 Å². The molecule has 0 aromatic carbocycles. The maximum atomic E-state index is 12.6. The van der Waals surface area contributed by atoms with E-state index in [0.29, 0.717) is 24.5 Å². The van der Waals surface area contributed by atoms with Gasteiger partial charge in [-0.1, -0.05) is 0 Å². The fourth-order valence-electron chi connectivity index (χ4n) is 3.78. The minimum atomic E-state index is -0.980. The molecule has 1 aliphatic rings. The van der Waals surface area contributed by atoms with Crippen LogP contribution < -0.4 is 10.2 Å². The SMILES string of the molecule is Cn1ccn2ncc(C(=O)NCC3CCCN(c4ncccc4C(=O)O)C3)c12. The minimum absolute atomic E-state index is 0.155. The van der Waals surface area contributed by atoms with Crippen LogP contribution in [-0.4, -0.2) is 55.8 Å². The van der Waals surface area contributed by atoms with Gasteiger partial charge in [-0.25, -0.2) is 14.3 Å². The van der Waals surface area contributed by atoms with Crippen molar-refractivity contribution in [2.45, 2.75) is 12.8 Å². The standard InChI is InChI=1S/C19H22N6O3/c1-23-8-9-25-18(23)15(11-22-25)17(26)21-10-13-4-3-7-24(12-13)16-14(19(27)28)5-2-6-20-16/h2,5-6,8-9,11,13H,3-4,7,10,12H2,1H3,(H,21,26)(H,27,28). The number of carboxylic acids is 1. The maximum absolute atomic E-state index is 12.6. The van der Waals surface area contributed by atoms with Crippen LogP contribution in [0.25, 0.3) is 5.65 Å². The van der Waals surface area contributed by atoms with Crippen LogP contribution in [0.15, 0.2) is 36.9 Å². The number of piperidine rings is 1. The number of carbonyl (C=O) groups excluding carboxylic acids is 1. The van der Waals surface area contributed by atoms with Crippen molar-refractivity contribution in [3.05, 3.63) is 48.0 Å². The quantitative estimate of drug-likeness (QED) is 0.691. The van der Waals surface area contributed by atoms with Crippen LogP contribution in [0.4, 0.5) is 5.82 Å². The number of carbonyl (C=O) groups is 2. The molecule has 3 aromatic rings. The summed E-state index contributed by atoms with van der Waals surface area (Å²) in [5, 5.41) is 16.6. The Bertz CT molecular complexity index is 1020. The molecule has 9 nitrogen and oxygen atoms in total. The van der Waals surface area contributed by atoms with E-state index in [-0.39, 0.29) is 17.4 Å². The Balaban J connectivity index is 1.43. The Morgan fingerprint density at radius 2 is 2.18 bits per heavy atom. The van der Waals surface area contributed by atoms with Crippen molar-refractivity contribution >= 4 is 23.3 Å². The van der Waals surface area contributed by atoms with Gasteiger partial charge >= 0.3 is 5.97 Å². The number of rotatable bonds is 5. The summed E-state index contributed by atoms with van der Waals surface area (Å²) in [4.78, 5) is 30.4. The third kappa shape index (κ3) is 3.30. The van der Waals surface area contributed by atoms with E-state index in [1.807, 2.05) is 22.7 Å². The molecule has 1 amide bonds. The zero-order valence-electron chi connectivity index (χ0n) is 15.6. The molecule has 1 fully saturated rings. The number of aromatic carboxylic acids is 1. The molecule has 1 saturated heterocycles. The van der Waals surface area contributed by atoms with Gasteiger partial charge in [-0.2, -0.15) is 5.10 Å². The average molecular weight is 382 g/mol. The number of imidazole rings is 1. The van der Waals surface area contributed by atoms with Crippen molar-refractivity contribution < 1.29 is 14.7 Å². The number of anilines is 1. The van der Waals surface area contributed by atoms with E-state index in [4.69, 9.17) is 0 Å². The molecule has 1 unspecified atom stereocenters. The first-order valence-electron chi connectivity index (χ1n) is 9.24. The molecule has 9 heteroatoms. The van der Waals surface area contributed by atoms with E-state index < -0.39 is 5.97 Å². The number of hydrogen-bond donors (Lipinski definition) is 2. The van der Waals surface area contributed by atoms with Crippen molar-refractivity contribution in [3.8, 4) is 0 Å². The lowest BCUT2D eigenvalue weighted by Crippen LogP contribution is -2.41. The van der Waals surface area contributed by atoms with Gasteiger partial charge < -0.3 is 19.9 Å². The molecule has 0 spiro atoms. The molecule has 4 rings (SSSR count). The molecule has 1 atom stereocenters. The summed E-state index contributed by atoms with van der Waals surface area (Å²) in [6, 6.07) is 3.20. The highest BCUT2D eigenvalue weighted by Gasteiger charge is 2.25. The number of fused-ring (bicyclic) bond motifs is 1. The van der Waals surface area contributed by atoms with Crippen molar-refractivity contribution in [3.63, 3.8) is 0 Å². The van der Waals surface area contributed by atoms with Crippen LogP contribution in [0.2, 0.25) is 0 Å². The molecule has 4 heterocycles. The number of aryl methyl sites for hydroxylation is 1.